The van der Waals surface area contributed by atoms with E-state index in [-0.39, 0.29) is 5.91 Å². The zero-order valence-corrected chi connectivity index (χ0v) is 18.5. The molecule has 3 aromatic carbocycles. The molecular formula is C25H22N2O4S. The smallest absolute Gasteiger partial charge is 0.275 e. The lowest BCUT2D eigenvalue weighted by molar-refractivity contribution is 0.102. The highest BCUT2D eigenvalue weighted by Crippen LogP contribution is 2.34. The number of hydrogen-bond acceptors (Lipinski definition) is 6. The molecule has 1 N–H and O–H groups in total. The zero-order valence-electron chi connectivity index (χ0n) is 17.7. The maximum atomic E-state index is 12.6. The molecule has 1 aromatic heterocycles. The summed E-state index contributed by atoms with van der Waals surface area (Å²) in [7, 11) is 3.18. The van der Waals surface area contributed by atoms with E-state index < -0.39 is 0 Å². The molecule has 32 heavy (non-hydrogen) atoms. The first-order valence-corrected chi connectivity index (χ1v) is 10.8. The van der Waals surface area contributed by atoms with Crippen molar-refractivity contribution in [3.63, 3.8) is 0 Å². The van der Waals surface area contributed by atoms with E-state index in [2.05, 4.69) is 10.3 Å². The normalized spacial score (nSPS) is 10.4. The van der Waals surface area contributed by atoms with Crippen LogP contribution in [0, 0.1) is 0 Å². The molecule has 4 rings (SSSR count). The molecule has 0 aliphatic carbocycles. The highest BCUT2D eigenvalue weighted by molar-refractivity contribution is 7.13. The molecule has 0 saturated heterocycles. The summed E-state index contributed by atoms with van der Waals surface area (Å²) < 4.78 is 16.6. The van der Waals surface area contributed by atoms with Crippen molar-refractivity contribution in [2.45, 2.75) is 6.61 Å². The van der Waals surface area contributed by atoms with Gasteiger partial charge in [0.25, 0.3) is 5.91 Å². The van der Waals surface area contributed by atoms with Crippen LogP contribution in [-0.4, -0.2) is 25.1 Å². The minimum atomic E-state index is -0.282. The summed E-state index contributed by atoms with van der Waals surface area (Å²) in [5.41, 5.74) is 2.91. The SMILES string of the molecule is COc1cccc(NC(=O)c2csc(-c3ccc(OCc4ccccc4)c(OC)c3)n2)c1. The summed E-state index contributed by atoms with van der Waals surface area (Å²) in [5.74, 6) is 1.64. The van der Waals surface area contributed by atoms with Crippen LogP contribution in [0.3, 0.4) is 0 Å². The number of ether oxygens (including phenoxy) is 3. The van der Waals surface area contributed by atoms with Crippen LogP contribution in [-0.2, 0) is 6.61 Å². The average Bonchev–Trinajstić information content (AvgIpc) is 3.34. The quantitative estimate of drug-likeness (QED) is 0.378. The number of benzene rings is 3. The number of aromatic nitrogens is 1. The molecule has 7 heteroatoms. The van der Waals surface area contributed by atoms with Crippen LogP contribution in [0.5, 0.6) is 17.2 Å². The molecule has 0 radical (unpaired) electrons. The summed E-state index contributed by atoms with van der Waals surface area (Å²) in [6.07, 6.45) is 0. The van der Waals surface area contributed by atoms with Crippen LogP contribution in [0.25, 0.3) is 10.6 Å². The van der Waals surface area contributed by atoms with Crippen molar-refractivity contribution in [2.24, 2.45) is 0 Å². The van der Waals surface area contributed by atoms with E-state index in [4.69, 9.17) is 14.2 Å². The minimum absolute atomic E-state index is 0.282. The van der Waals surface area contributed by atoms with Crippen molar-refractivity contribution in [1.82, 2.24) is 4.98 Å². The molecule has 162 valence electrons. The minimum Gasteiger partial charge on any atom is -0.497 e. The first kappa shape index (κ1) is 21.4. The Balaban J connectivity index is 1.47. The third-order valence-electron chi connectivity index (χ3n) is 4.71. The highest BCUT2D eigenvalue weighted by atomic mass is 32.1. The fraction of sp³-hybridized carbons (Fsp3) is 0.120. The Kier molecular flexibility index (Phi) is 6.67. The third-order valence-corrected chi connectivity index (χ3v) is 5.60. The van der Waals surface area contributed by atoms with Gasteiger partial charge in [-0.25, -0.2) is 4.98 Å². The van der Waals surface area contributed by atoms with Gasteiger partial charge in [-0.05, 0) is 35.9 Å². The molecule has 0 saturated carbocycles. The van der Waals surface area contributed by atoms with Gasteiger partial charge in [0.2, 0.25) is 0 Å². The first-order valence-electron chi connectivity index (χ1n) is 9.92. The van der Waals surface area contributed by atoms with E-state index in [0.717, 1.165) is 11.1 Å². The molecule has 4 aromatic rings. The van der Waals surface area contributed by atoms with E-state index in [0.29, 0.717) is 40.2 Å². The first-order chi connectivity index (χ1) is 15.7. The van der Waals surface area contributed by atoms with Crippen molar-refractivity contribution in [2.75, 3.05) is 19.5 Å². The van der Waals surface area contributed by atoms with Crippen molar-refractivity contribution < 1.29 is 19.0 Å². The van der Waals surface area contributed by atoms with Crippen molar-refractivity contribution in [3.8, 4) is 27.8 Å². The Morgan fingerprint density at radius 2 is 1.78 bits per heavy atom. The Morgan fingerprint density at radius 3 is 2.56 bits per heavy atom. The summed E-state index contributed by atoms with van der Waals surface area (Å²) in [6.45, 7) is 0.447. The van der Waals surface area contributed by atoms with Gasteiger partial charge in [0.05, 0.1) is 14.2 Å². The molecule has 0 unspecified atom stereocenters. The molecule has 1 heterocycles. The number of carbonyl (C=O) groups is 1. The van der Waals surface area contributed by atoms with Gasteiger partial charge in [0.1, 0.15) is 23.1 Å². The number of carbonyl (C=O) groups excluding carboxylic acids is 1. The molecule has 0 atom stereocenters. The van der Waals surface area contributed by atoms with E-state index in [1.165, 1.54) is 11.3 Å². The molecular weight excluding hydrogens is 424 g/mol. The highest BCUT2D eigenvalue weighted by Gasteiger charge is 2.14. The molecule has 0 fully saturated rings. The second kappa shape index (κ2) is 9.98. The van der Waals surface area contributed by atoms with E-state index in [1.807, 2.05) is 60.7 Å². The predicted molar refractivity (Wildman–Crippen MR) is 126 cm³/mol. The van der Waals surface area contributed by atoms with Gasteiger partial charge in [-0.2, -0.15) is 0 Å². The molecule has 0 bridgehead atoms. The maximum absolute atomic E-state index is 12.6. The molecule has 6 nitrogen and oxygen atoms in total. The molecule has 0 spiro atoms. The lowest BCUT2D eigenvalue weighted by Crippen LogP contribution is -2.12. The van der Waals surface area contributed by atoms with Crippen LogP contribution < -0.4 is 19.5 Å². The van der Waals surface area contributed by atoms with Crippen molar-refractivity contribution in [1.29, 1.82) is 0 Å². The van der Waals surface area contributed by atoms with Crippen molar-refractivity contribution >= 4 is 22.9 Å². The fourth-order valence-corrected chi connectivity index (χ4v) is 3.86. The monoisotopic (exact) mass is 446 g/mol. The number of rotatable bonds is 8. The fourth-order valence-electron chi connectivity index (χ4n) is 3.06. The lowest BCUT2D eigenvalue weighted by atomic mass is 10.2. The predicted octanol–water partition coefficient (Wildman–Crippen LogP) is 5.66. The number of nitrogens with one attached hydrogen (secondary N) is 1. The number of methoxy groups -OCH3 is 2. The summed E-state index contributed by atoms with van der Waals surface area (Å²) in [5, 5.41) is 5.29. The average molecular weight is 447 g/mol. The largest absolute Gasteiger partial charge is 0.497 e. The number of nitrogens with zero attached hydrogens (tertiary/aromatic N) is 1. The van der Waals surface area contributed by atoms with Crippen LogP contribution in [0.2, 0.25) is 0 Å². The number of hydrogen-bond donors (Lipinski definition) is 1. The van der Waals surface area contributed by atoms with E-state index in [9.17, 15) is 4.79 Å². The second-order valence-corrected chi connectivity index (χ2v) is 7.72. The zero-order chi connectivity index (χ0) is 22.3. The van der Waals surface area contributed by atoms with Crippen LogP contribution in [0.15, 0.2) is 78.2 Å². The van der Waals surface area contributed by atoms with Gasteiger partial charge >= 0.3 is 0 Å². The van der Waals surface area contributed by atoms with E-state index >= 15 is 0 Å². The molecule has 1 amide bonds. The maximum Gasteiger partial charge on any atom is 0.275 e. The Hall–Kier alpha value is -3.84. The van der Waals surface area contributed by atoms with Gasteiger partial charge < -0.3 is 19.5 Å². The van der Waals surface area contributed by atoms with Gasteiger partial charge in [0, 0.05) is 22.7 Å². The summed E-state index contributed by atoms with van der Waals surface area (Å²) >= 11 is 1.39. The molecule has 0 aliphatic rings. The number of amides is 1. The van der Waals surface area contributed by atoms with Crippen LogP contribution in [0.1, 0.15) is 16.1 Å². The van der Waals surface area contributed by atoms with Gasteiger partial charge in [-0.3, -0.25) is 4.79 Å². The number of thiazole rings is 1. The standard InChI is InChI=1S/C25H22N2O4S/c1-29-20-10-6-9-19(14-20)26-24(28)21-16-32-25(27-21)18-11-12-22(23(13-18)30-2)31-15-17-7-4-3-5-8-17/h3-14,16H,15H2,1-2H3,(H,26,28). The Bertz CT molecular complexity index is 1210. The second-order valence-electron chi connectivity index (χ2n) is 6.86. The summed E-state index contributed by atoms with van der Waals surface area (Å²) in [4.78, 5) is 17.1. The van der Waals surface area contributed by atoms with Crippen LogP contribution in [0.4, 0.5) is 5.69 Å². The lowest BCUT2D eigenvalue weighted by Gasteiger charge is -2.11. The van der Waals surface area contributed by atoms with Gasteiger partial charge in [-0.1, -0.05) is 36.4 Å². The third kappa shape index (κ3) is 5.07. The Morgan fingerprint density at radius 1 is 0.938 bits per heavy atom. The number of anilines is 1. The molecule has 0 aliphatic heterocycles. The van der Waals surface area contributed by atoms with Gasteiger partial charge in [0.15, 0.2) is 11.5 Å². The topological polar surface area (TPSA) is 69.7 Å². The summed E-state index contributed by atoms with van der Waals surface area (Å²) in [6, 6.07) is 22.7. The van der Waals surface area contributed by atoms with E-state index in [1.54, 1.807) is 31.7 Å². The van der Waals surface area contributed by atoms with Crippen molar-refractivity contribution in [3.05, 3.63) is 89.4 Å². The Labute approximate surface area is 190 Å². The van der Waals surface area contributed by atoms with Crippen LogP contribution >= 0.6 is 11.3 Å². The van der Waals surface area contributed by atoms with Gasteiger partial charge in [-0.15, -0.1) is 11.3 Å².